The second-order valence-electron chi connectivity index (χ2n) is 6.49. The number of rotatable bonds is 5. The molecule has 3 aromatic rings. The Hall–Kier alpha value is -2.72. The molecular weight excluding hydrogens is 310 g/mol. The highest BCUT2D eigenvalue weighted by Crippen LogP contribution is 2.21. The van der Waals surface area contributed by atoms with Gasteiger partial charge in [0.25, 0.3) is 0 Å². The van der Waals surface area contributed by atoms with Crippen molar-refractivity contribution in [2.24, 2.45) is 0 Å². The molecule has 1 atom stereocenters. The van der Waals surface area contributed by atoms with Crippen molar-refractivity contribution in [3.63, 3.8) is 0 Å². The molecule has 0 radical (unpaired) electrons. The lowest BCUT2D eigenvalue weighted by Crippen LogP contribution is -2.36. The van der Waals surface area contributed by atoms with Crippen molar-refractivity contribution in [3.8, 4) is 0 Å². The first kappa shape index (κ1) is 17.1. The van der Waals surface area contributed by atoms with Gasteiger partial charge in [0.05, 0.1) is 5.52 Å². The van der Waals surface area contributed by atoms with E-state index in [1.807, 2.05) is 74.4 Å². The largest absolute Gasteiger partial charge is 0.350 e. The normalized spacial score (nSPS) is 12.3. The third kappa shape index (κ3) is 3.86. The molecule has 128 valence electrons. The van der Waals surface area contributed by atoms with Crippen LogP contribution in [0, 0.1) is 6.92 Å². The third-order valence-corrected chi connectivity index (χ3v) is 4.32. The van der Waals surface area contributed by atoms with Gasteiger partial charge >= 0.3 is 0 Å². The predicted octanol–water partition coefficient (Wildman–Crippen LogP) is 3.46. The van der Waals surface area contributed by atoms with Crippen LogP contribution < -0.4 is 5.32 Å². The first-order valence-electron chi connectivity index (χ1n) is 8.39. The minimum atomic E-state index is -0.312. The van der Waals surface area contributed by atoms with Gasteiger partial charge in [-0.15, -0.1) is 0 Å². The lowest BCUT2D eigenvalue weighted by molar-refractivity contribution is -0.125. The zero-order chi connectivity index (χ0) is 17.8. The van der Waals surface area contributed by atoms with Gasteiger partial charge in [0.2, 0.25) is 5.91 Å². The number of benzene rings is 2. The van der Waals surface area contributed by atoms with Gasteiger partial charge in [-0.25, -0.2) is 0 Å². The first-order chi connectivity index (χ1) is 12.1. The molecule has 3 rings (SSSR count). The maximum Gasteiger partial charge on any atom is 0.242 e. The Balaban J connectivity index is 1.80. The topological polar surface area (TPSA) is 45.2 Å². The fourth-order valence-corrected chi connectivity index (χ4v) is 3.11. The number of carbonyl (C=O) groups is 1. The Morgan fingerprint density at radius 1 is 1.12 bits per heavy atom. The average Bonchev–Trinajstić information content (AvgIpc) is 2.60. The van der Waals surface area contributed by atoms with Crippen molar-refractivity contribution in [2.75, 3.05) is 14.1 Å². The van der Waals surface area contributed by atoms with Gasteiger partial charge in [-0.1, -0.05) is 48.0 Å². The molecule has 1 aromatic heterocycles. The molecule has 0 saturated carbocycles. The van der Waals surface area contributed by atoms with Crippen molar-refractivity contribution < 1.29 is 4.79 Å². The number of para-hydroxylation sites is 1. The van der Waals surface area contributed by atoms with Crippen LogP contribution in [0.1, 0.15) is 22.7 Å². The Morgan fingerprint density at radius 3 is 2.68 bits per heavy atom. The second kappa shape index (κ2) is 7.45. The Labute approximate surface area is 148 Å². The number of hydrogen-bond donors (Lipinski definition) is 1. The number of aromatic nitrogens is 1. The molecule has 0 aliphatic heterocycles. The van der Waals surface area contributed by atoms with Crippen LogP contribution >= 0.6 is 0 Å². The standard InChI is InChI=1S/C21H23N3O/c1-15-7-6-8-16(13-15)20(24(2)3)21(25)23-14-17-11-12-22-19-10-5-4-9-18(17)19/h4-13,20H,14H2,1-3H3,(H,23,25)/t20-/m0/s1. The fourth-order valence-electron chi connectivity index (χ4n) is 3.11. The first-order valence-corrected chi connectivity index (χ1v) is 8.39. The predicted molar refractivity (Wildman–Crippen MR) is 101 cm³/mol. The monoisotopic (exact) mass is 333 g/mol. The molecule has 0 saturated heterocycles. The Morgan fingerprint density at radius 2 is 1.92 bits per heavy atom. The number of nitrogens with one attached hydrogen (secondary N) is 1. The highest BCUT2D eigenvalue weighted by atomic mass is 16.2. The van der Waals surface area contributed by atoms with Crippen molar-refractivity contribution in [1.82, 2.24) is 15.2 Å². The summed E-state index contributed by atoms with van der Waals surface area (Å²) in [5.74, 6) is -0.00325. The van der Waals surface area contributed by atoms with E-state index in [4.69, 9.17) is 0 Å². The van der Waals surface area contributed by atoms with Gasteiger partial charge in [0.1, 0.15) is 6.04 Å². The third-order valence-electron chi connectivity index (χ3n) is 4.32. The minimum Gasteiger partial charge on any atom is -0.350 e. The number of pyridine rings is 1. The van der Waals surface area contributed by atoms with E-state index in [0.717, 1.165) is 27.6 Å². The smallest absolute Gasteiger partial charge is 0.242 e. The van der Waals surface area contributed by atoms with Gasteiger partial charge in [-0.05, 0) is 44.3 Å². The number of fused-ring (bicyclic) bond motifs is 1. The van der Waals surface area contributed by atoms with Crippen LogP contribution in [-0.4, -0.2) is 29.9 Å². The van der Waals surface area contributed by atoms with Gasteiger partial charge < -0.3 is 5.32 Å². The molecule has 0 aliphatic rings. The van der Waals surface area contributed by atoms with E-state index in [1.54, 1.807) is 6.20 Å². The summed E-state index contributed by atoms with van der Waals surface area (Å²) in [6.45, 7) is 2.52. The zero-order valence-corrected chi connectivity index (χ0v) is 14.9. The summed E-state index contributed by atoms with van der Waals surface area (Å²) in [6, 6.07) is 17.7. The number of likely N-dealkylation sites (N-methyl/N-ethyl adjacent to an activating group) is 1. The van der Waals surface area contributed by atoms with Crippen LogP contribution in [0.3, 0.4) is 0 Å². The Kier molecular flexibility index (Phi) is 5.10. The van der Waals surface area contributed by atoms with Crippen LogP contribution in [0.5, 0.6) is 0 Å². The van der Waals surface area contributed by atoms with Crippen LogP contribution in [0.15, 0.2) is 60.8 Å². The quantitative estimate of drug-likeness (QED) is 0.778. The van der Waals surface area contributed by atoms with Gasteiger partial charge in [-0.2, -0.15) is 0 Å². The molecule has 2 aromatic carbocycles. The molecule has 4 nitrogen and oxygen atoms in total. The lowest BCUT2D eigenvalue weighted by atomic mass is 10.0. The molecule has 1 amide bonds. The molecule has 1 N–H and O–H groups in total. The molecule has 4 heteroatoms. The van der Waals surface area contributed by atoms with Crippen LogP contribution in [0.4, 0.5) is 0 Å². The summed E-state index contributed by atoms with van der Waals surface area (Å²) in [5, 5.41) is 4.15. The highest BCUT2D eigenvalue weighted by molar-refractivity contribution is 5.85. The van der Waals surface area contributed by atoms with Crippen LogP contribution in [-0.2, 0) is 11.3 Å². The van der Waals surface area contributed by atoms with E-state index in [2.05, 4.69) is 16.4 Å². The molecule has 0 bridgehead atoms. The number of carbonyl (C=O) groups excluding carboxylic acids is 1. The van der Waals surface area contributed by atoms with Crippen molar-refractivity contribution in [2.45, 2.75) is 19.5 Å². The van der Waals surface area contributed by atoms with E-state index in [9.17, 15) is 4.79 Å². The zero-order valence-electron chi connectivity index (χ0n) is 14.9. The molecule has 1 heterocycles. The van der Waals surface area contributed by atoms with Gasteiger partial charge in [-0.3, -0.25) is 14.7 Å². The highest BCUT2D eigenvalue weighted by Gasteiger charge is 2.22. The van der Waals surface area contributed by atoms with E-state index in [1.165, 1.54) is 0 Å². The van der Waals surface area contributed by atoms with Crippen LogP contribution in [0.25, 0.3) is 10.9 Å². The summed E-state index contributed by atoms with van der Waals surface area (Å²) in [7, 11) is 3.85. The molecule has 25 heavy (non-hydrogen) atoms. The minimum absolute atomic E-state index is 0.00325. The molecular formula is C21H23N3O. The summed E-state index contributed by atoms with van der Waals surface area (Å²) in [4.78, 5) is 19.1. The lowest BCUT2D eigenvalue weighted by Gasteiger charge is -2.24. The van der Waals surface area contributed by atoms with E-state index < -0.39 is 0 Å². The maximum absolute atomic E-state index is 12.8. The number of amides is 1. The van der Waals surface area contributed by atoms with Gasteiger partial charge in [0, 0.05) is 18.1 Å². The van der Waals surface area contributed by atoms with Crippen molar-refractivity contribution in [1.29, 1.82) is 0 Å². The number of aryl methyl sites for hydroxylation is 1. The van der Waals surface area contributed by atoms with Crippen LogP contribution in [0.2, 0.25) is 0 Å². The summed E-state index contributed by atoms with van der Waals surface area (Å²) in [5.41, 5.74) is 4.16. The SMILES string of the molecule is Cc1cccc([C@@H](C(=O)NCc2ccnc3ccccc23)N(C)C)c1. The molecule has 0 spiro atoms. The van der Waals surface area contributed by atoms with Crippen molar-refractivity contribution in [3.05, 3.63) is 77.5 Å². The van der Waals surface area contributed by atoms with E-state index >= 15 is 0 Å². The summed E-state index contributed by atoms with van der Waals surface area (Å²) >= 11 is 0. The van der Waals surface area contributed by atoms with Gasteiger partial charge in [0.15, 0.2) is 0 Å². The fraction of sp³-hybridized carbons (Fsp3) is 0.238. The van der Waals surface area contributed by atoms with Crippen molar-refractivity contribution >= 4 is 16.8 Å². The average molecular weight is 333 g/mol. The molecule has 0 fully saturated rings. The number of nitrogens with zero attached hydrogens (tertiary/aromatic N) is 2. The second-order valence-corrected chi connectivity index (χ2v) is 6.49. The Bertz CT molecular complexity index is 884. The summed E-state index contributed by atoms with van der Waals surface area (Å²) in [6.07, 6.45) is 1.79. The van der Waals surface area contributed by atoms with E-state index in [-0.39, 0.29) is 11.9 Å². The number of hydrogen-bond acceptors (Lipinski definition) is 3. The molecule has 0 aliphatic carbocycles. The summed E-state index contributed by atoms with van der Waals surface area (Å²) < 4.78 is 0. The van der Waals surface area contributed by atoms with E-state index in [0.29, 0.717) is 6.54 Å². The maximum atomic E-state index is 12.8. The molecule has 0 unspecified atom stereocenters.